The summed E-state index contributed by atoms with van der Waals surface area (Å²) in [4.78, 5) is 0. The lowest BCUT2D eigenvalue weighted by atomic mass is 9.70. The van der Waals surface area contributed by atoms with E-state index in [0.29, 0.717) is 67.1 Å². The predicted octanol–water partition coefficient (Wildman–Crippen LogP) is 25.6. The lowest BCUT2D eigenvalue weighted by Crippen LogP contribution is -2.35. The van der Waals surface area contributed by atoms with E-state index in [2.05, 4.69) is 222 Å². The molecule has 8 unspecified atom stereocenters. The first-order valence-corrected chi connectivity index (χ1v) is 42.3. The van der Waals surface area contributed by atoms with E-state index >= 15 is 0 Å². The van der Waals surface area contributed by atoms with E-state index in [0.717, 1.165) is 157 Å². The summed E-state index contributed by atoms with van der Waals surface area (Å²) in [7, 11) is 0. The van der Waals surface area contributed by atoms with Gasteiger partial charge in [-0.1, -0.05) is 111 Å². The zero-order chi connectivity index (χ0) is 73.8. The first kappa shape index (κ1) is 94.7. The molecular formula is C89H178O8. The highest BCUT2D eigenvalue weighted by atomic mass is 16.5. The van der Waals surface area contributed by atoms with E-state index in [4.69, 9.17) is 37.9 Å². The Kier molecular flexibility index (Phi) is 50.6. The third kappa shape index (κ3) is 47.0. The minimum atomic E-state index is 0.401. The molecule has 0 aromatic rings. The second-order valence-corrected chi connectivity index (χ2v) is 37.8. The summed E-state index contributed by atoms with van der Waals surface area (Å²) >= 11 is 0. The van der Waals surface area contributed by atoms with Gasteiger partial charge < -0.3 is 37.9 Å². The summed E-state index contributed by atoms with van der Waals surface area (Å²) in [6.45, 7) is 76.0. The first-order chi connectivity index (χ1) is 45.3. The molecule has 0 aliphatic heterocycles. The molecule has 0 heterocycles. The Morgan fingerprint density at radius 3 is 0.928 bits per heavy atom. The van der Waals surface area contributed by atoms with Gasteiger partial charge in [-0.2, -0.15) is 0 Å². The Bertz CT molecular complexity index is 1730. The molecule has 8 atom stereocenters. The first-order valence-electron chi connectivity index (χ1n) is 42.3. The zero-order valence-electron chi connectivity index (χ0n) is 71.4. The average Bonchev–Trinajstić information content (AvgIpc) is 1.78. The fourth-order valence-corrected chi connectivity index (χ4v) is 15.4. The molecule has 8 fully saturated rings. The van der Waals surface area contributed by atoms with E-state index in [1.807, 2.05) is 0 Å². The Labute approximate surface area is 609 Å². The highest BCUT2D eigenvalue weighted by Crippen LogP contribution is 2.47. The van der Waals surface area contributed by atoms with Gasteiger partial charge in [0.2, 0.25) is 0 Å². The second kappa shape index (κ2) is 51.8. The van der Waals surface area contributed by atoms with Crippen LogP contribution in [0.3, 0.4) is 0 Å². The van der Waals surface area contributed by atoms with Gasteiger partial charge in [-0.3, -0.25) is 0 Å². The highest BCUT2D eigenvalue weighted by molar-refractivity contribution is 4.89. The monoisotopic (exact) mass is 1380 g/mol. The van der Waals surface area contributed by atoms with Crippen LogP contribution in [-0.2, 0) is 37.9 Å². The Hall–Kier alpha value is -0.320. The molecule has 97 heavy (non-hydrogen) atoms. The van der Waals surface area contributed by atoms with Crippen molar-refractivity contribution in [1.29, 1.82) is 0 Å². The lowest BCUT2D eigenvalue weighted by Gasteiger charge is -2.38. The summed E-state index contributed by atoms with van der Waals surface area (Å²) in [6.07, 6.45) is 32.0. The van der Waals surface area contributed by atoms with Crippen LogP contribution >= 0.6 is 0 Å². The molecular weight excluding hydrogens is 1200 g/mol. The van der Waals surface area contributed by atoms with Crippen molar-refractivity contribution in [2.24, 2.45) is 124 Å². The van der Waals surface area contributed by atoms with E-state index < -0.39 is 0 Å². The minimum absolute atomic E-state index is 0.401. The van der Waals surface area contributed by atoms with E-state index in [1.165, 1.54) is 128 Å². The summed E-state index contributed by atoms with van der Waals surface area (Å²) in [5.74, 6) is 19.0. The van der Waals surface area contributed by atoms with Gasteiger partial charge in [0.15, 0.2) is 0 Å². The molecule has 8 rings (SSSR count). The quantitative estimate of drug-likeness (QED) is 0.0680. The van der Waals surface area contributed by atoms with E-state index in [1.54, 1.807) is 0 Å². The smallest absolute Gasteiger partial charge is 0.0584 e. The van der Waals surface area contributed by atoms with Crippen LogP contribution < -0.4 is 0 Å². The third-order valence-electron chi connectivity index (χ3n) is 22.7. The molecule has 8 aliphatic carbocycles. The Morgan fingerprint density at radius 2 is 0.567 bits per heavy atom. The van der Waals surface area contributed by atoms with Gasteiger partial charge in [-0.25, -0.2) is 0 Å². The van der Waals surface area contributed by atoms with Crippen molar-refractivity contribution < 1.29 is 37.9 Å². The van der Waals surface area contributed by atoms with Gasteiger partial charge in [0.25, 0.3) is 0 Å². The Morgan fingerprint density at radius 1 is 0.237 bits per heavy atom. The van der Waals surface area contributed by atoms with Crippen molar-refractivity contribution in [2.45, 2.75) is 417 Å². The topological polar surface area (TPSA) is 73.8 Å². The fourth-order valence-electron chi connectivity index (χ4n) is 15.4. The van der Waals surface area contributed by atoms with Crippen LogP contribution in [0.5, 0.6) is 0 Å². The van der Waals surface area contributed by atoms with Crippen LogP contribution in [0, 0.1) is 124 Å². The molecule has 0 radical (unpaired) electrons. The van der Waals surface area contributed by atoms with Crippen LogP contribution in [0.4, 0.5) is 0 Å². The summed E-state index contributed by atoms with van der Waals surface area (Å²) in [5, 5.41) is 0. The molecule has 8 saturated carbocycles. The standard InChI is InChI=1S/2C12H24O.5C11H22O.C10H20O/c1-9(2)11-5-7-12(8-6-11)13-10(3)4;1-9(2)12-6-5-11(7-12)8-13-10(3)4;2*1-8(2)11-5-10(6-11)7-12-9(3)4;1-8(2)5-10-6-11(10)7-12-9(3)4;1-8(2)11-7-10(11)5-6-12-9(3)4;1-8(2)10-5-6-11(7-10)12-9(3)4;1-7(2)9-5-10(6-9)11-8(3)4/h2*9-12H,5-8H2,1-4H3;5*8-11H,5-7H2,1-4H3;7-10H,5-6H2,1-4H3. The van der Waals surface area contributed by atoms with Gasteiger partial charge in [0, 0.05) is 26.4 Å². The van der Waals surface area contributed by atoms with Crippen LogP contribution in [-0.4, -0.2) is 100 Å². The van der Waals surface area contributed by atoms with Gasteiger partial charge in [0.1, 0.15) is 0 Å². The molecule has 0 saturated heterocycles. The SMILES string of the molecule is CC(C)CC1CC1COC(C)C.CC(C)OC1CC(C(C)C)C1.CC(C)OC1CCC(C(C)C)C1.CC(C)OC1CCC(C(C)C)CC1.CC(C)OCC1CC(C(C)C)C1.CC(C)OCC1CC(C(C)C)C1.CC(C)OCC1CCC(C(C)C)C1.CC(C)OCCC1CC1C(C)C. The van der Waals surface area contributed by atoms with Gasteiger partial charge in [0.05, 0.1) is 73.8 Å². The van der Waals surface area contributed by atoms with Crippen molar-refractivity contribution in [1.82, 2.24) is 0 Å². The van der Waals surface area contributed by atoms with E-state index in [9.17, 15) is 0 Å². The Balaban J connectivity index is 0.000000555. The molecule has 0 bridgehead atoms. The van der Waals surface area contributed by atoms with Crippen molar-refractivity contribution in [3.05, 3.63) is 0 Å². The number of hydrogen-bond donors (Lipinski definition) is 0. The van der Waals surface area contributed by atoms with Gasteiger partial charge in [-0.15, -0.1) is 0 Å². The van der Waals surface area contributed by atoms with Crippen LogP contribution in [0.25, 0.3) is 0 Å². The van der Waals surface area contributed by atoms with Crippen molar-refractivity contribution >= 4 is 0 Å². The molecule has 8 nitrogen and oxygen atoms in total. The zero-order valence-corrected chi connectivity index (χ0v) is 71.4. The van der Waals surface area contributed by atoms with Crippen molar-refractivity contribution in [3.63, 3.8) is 0 Å². The van der Waals surface area contributed by atoms with Crippen LogP contribution in [0.15, 0.2) is 0 Å². The lowest BCUT2D eigenvalue weighted by molar-refractivity contribution is -0.0718. The maximum Gasteiger partial charge on any atom is 0.0584 e. The minimum Gasteiger partial charge on any atom is -0.379 e. The van der Waals surface area contributed by atoms with Crippen LogP contribution in [0.2, 0.25) is 0 Å². The van der Waals surface area contributed by atoms with Crippen molar-refractivity contribution in [2.75, 3.05) is 33.0 Å². The molecule has 8 aliphatic rings. The molecule has 582 valence electrons. The molecule has 0 aromatic heterocycles. The number of ether oxygens (including phenoxy) is 8. The fraction of sp³-hybridized carbons (Fsp3) is 1.00. The van der Waals surface area contributed by atoms with Gasteiger partial charge in [-0.05, 0) is 363 Å². The normalized spacial score (nSPS) is 29.6. The average molecular weight is 1380 g/mol. The molecule has 0 amide bonds. The molecule has 0 aromatic carbocycles. The largest absolute Gasteiger partial charge is 0.379 e. The maximum atomic E-state index is 5.82. The predicted molar refractivity (Wildman–Crippen MR) is 422 cm³/mol. The van der Waals surface area contributed by atoms with Crippen molar-refractivity contribution in [3.8, 4) is 0 Å². The maximum absolute atomic E-state index is 5.82. The van der Waals surface area contributed by atoms with Gasteiger partial charge >= 0.3 is 0 Å². The third-order valence-corrected chi connectivity index (χ3v) is 22.7. The summed E-state index contributed by atoms with van der Waals surface area (Å²) in [6, 6.07) is 0. The summed E-state index contributed by atoms with van der Waals surface area (Å²) in [5.41, 5.74) is 0. The van der Waals surface area contributed by atoms with E-state index in [-0.39, 0.29) is 0 Å². The summed E-state index contributed by atoms with van der Waals surface area (Å²) < 4.78 is 45.2. The molecule has 0 N–H and O–H groups in total. The number of hydrogen-bond acceptors (Lipinski definition) is 8. The highest BCUT2D eigenvalue weighted by Gasteiger charge is 2.39. The molecule has 0 spiro atoms. The number of rotatable bonds is 31. The second-order valence-electron chi connectivity index (χ2n) is 37.8. The molecule has 8 heteroatoms. The van der Waals surface area contributed by atoms with Crippen LogP contribution in [0.1, 0.15) is 350 Å².